The monoisotopic (exact) mass is 723 g/mol. The minimum atomic E-state index is -0.708. The fraction of sp³-hybridized carbons (Fsp3) is 0.268. The average Bonchev–Trinajstić information content (AvgIpc) is 4.06. The number of aromatic nitrogens is 5. The summed E-state index contributed by atoms with van der Waals surface area (Å²) < 4.78 is 4.58. The van der Waals surface area contributed by atoms with E-state index in [1.54, 1.807) is 11.1 Å². The van der Waals surface area contributed by atoms with Crippen LogP contribution in [0, 0.1) is 0 Å². The number of hydrogen-bond acceptors (Lipinski definition) is 8. The van der Waals surface area contributed by atoms with Gasteiger partial charge >= 0.3 is 6.09 Å². The zero-order valence-corrected chi connectivity index (χ0v) is 29.9. The summed E-state index contributed by atoms with van der Waals surface area (Å²) in [6.07, 6.45) is 6.43. The van der Waals surface area contributed by atoms with Crippen LogP contribution in [-0.2, 0) is 14.3 Å². The summed E-state index contributed by atoms with van der Waals surface area (Å²) in [5.41, 5.74) is 13.5. The third-order valence-electron chi connectivity index (χ3n) is 10.4. The van der Waals surface area contributed by atoms with Crippen molar-refractivity contribution in [1.29, 1.82) is 0 Å². The van der Waals surface area contributed by atoms with Crippen molar-refractivity contribution in [3.05, 3.63) is 115 Å². The van der Waals surface area contributed by atoms with Crippen LogP contribution in [-0.4, -0.2) is 79.4 Å². The molecule has 6 aromatic rings. The molecular formula is C41H41N9O4. The topological polar surface area (TPSA) is 175 Å². The molecule has 5 heterocycles. The number of carbonyl (C=O) groups is 3. The number of ether oxygens (including phenoxy) is 1. The number of imidazole rings is 2. The molecule has 0 spiro atoms. The Morgan fingerprint density at radius 3 is 2.35 bits per heavy atom. The summed E-state index contributed by atoms with van der Waals surface area (Å²) >= 11 is 0. The molecule has 5 N–H and O–H groups in total. The maximum absolute atomic E-state index is 13.4. The molecule has 3 aromatic heterocycles. The van der Waals surface area contributed by atoms with Crippen molar-refractivity contribution in [1.82, 2.24) is 40.0 Å². The Hall–Kier alpha value is -6.34. The van der Waals surface area contributed by atoms with Gasteiger partial charge in [0, 0.05) is 35.8 Å². The van der Waals surface area contributed by atoms with E-state index in [-0.39, 0.29) is 30.4 Å². The number of rotatable bonds is 9. The van der Waals surface area contributed by atoms with E-state index in [9.17, 15) is 14.4 Å². The first-order chi connectivity index (χ1) is 26.4. The van der Waals surface area contributed by atoms with Crippen LogP contribution >= 0.6 is 0 Å². The molecule has 0 radical (unpaired) electrons. The molecule has 2 saturated heterocycles. The zero-order chi connectivity index (χ0) is 37.2. The van der Waals surface area contributed by atoms with Gasteiger partial charge in [-0.2, -0.15) is 0 Å². The third kappa shape index (κ3) is 6.93. The van der Waals surface area contributed by atoms with Gasteiger partial charge < -0.3 is 35.6 Å². The molecular weight excluding hydrogens is 683 g/mol. The number of pyridine rings is 1. The number of hydrogen-bond donors (Lipinski definition) is 4. The Morgan fingerprint density at radius 1 is 0.852 bits per heavy atom. The van der Waals surface area contributed by atoms with E-state index in [4.69, 9.17) is 15.7 Å². The van der Waals surface area contributed by atoms with Gasteiger partial charge in [-0.1, -0.05) is 66.7 Å². The molecule has 3 amide bonds. The lowest BCUT2D eigenvalue weighted by atomic mass is 10.0. The lowest BCUT2D eigenvalue weighted by Gasteiger charge is -2.26. The zero-order valence-electron chi connectivity index (χ0n) is 29.9. The van der Waals surface area contributed by atoms with Crippen LogP contribution in [0.4, 0.5) is 4.79 Å². The number of aromatic amines is 2. The maximum atomic E-state index is 13.4. The van der Waals surface area contributed by atoms with Gasteiger partial charge in [-0.15, -0.1) is 0 Å². The van der Waals surface area contributed by atoms with Crippen molar-refractivity contribution < 1.29 is 19.1 Å². The number of amides is 3. The Balaban J connectivity index is 0.936. The highest BCUT2D eigenvalue weighted by molar-refractivity contribution is 5.86. The van der Waals surface area contributed by atoms with E-state index in [2.05, 4.69) is 37.1 Å². The molecule has 2 aliphatic rings. The van der Waals surface area contributed by atoms with Gasteiger partial charge in [-0.3, -0.25) is 9.59 Å². The predicted molar refractivity (Wildman–Crippen MR) is 203 cm³/mol. The summed E-state index contributed by atoms with van der Waals surface area (Å²) in [7, 11) is 1.27. The summed E-state index contributed by atoms with van der Waals surface area (Å²) in [5, 5.41) is 3.46. The smallest absolute Gasteiger partial charge is 0.407 e. The summed E-state index contributed by atoms with van der Waals surface area (Å²) in [4.78, 5) is 62.5. The molecule has 0 unspecified atom stereocenters. The molecule has 13 heteroatoms. The molecule has 0 aliphatic carbocycles. The van der Waals surface area contributed by atoms with Crippen LogP contribution in [0.1, 0.15) is 61.0 Å². The Bertz CT molecular complexity index is 2300. The number of nitrogens with zero attached hydrogens (tertiary/aromatic N) is 5. The predicted octanol–water partition coefficient (Wildman–Crippen LogP) is 6.07. The van der Waals surface area contributed by atoms with E-state index in [1.165, 1.54) is 7.11 Å². The highest BCUT2D eigenvalue weighted by Gasteiger charge is 2.35. The van der Waals surface area contributed by atoms with Crippen LogP contribution in [0.5, 0.6) is 0 Å². The van der Waals surface area contributed by atoms with Gasteiger partial charge in [-0.25, -0.2) is 19.7 Å². The number of benzene rings is 3. The number of nitrogens with two attached hydrogens (primary N) is 1. The van der Waals surface area contributed by atoms with Gasteiger partial charge in [-0.05, 0) is 55.0 Å². The molecule has 0 bridgehead atoms. The number of H-pyrrole nitrogens is 2. The van der Waals surface area contributed by atoms with Crippen molar-refractivity contribution in [2.24, 2.45) is 5.73 Å². The van der Waals surface area contributed by atoms with Crippen LogP contribution in [0.2, 0.25) is 0 Å². The van der Waals surface area contributed by atoms with Crippen LogP contribution < -0.4 is 11.1 Å². The number of fused-ring (bicyclic) bond motifs is 1. The average molecular weight is 724 g/mol. The van der Waals surface area contributed by atoms with Gasteiger partial charge in [0.25, 0.3) is 0 Å². The first-order valence-electron chi connectivity index (χ1n) is 18.2. The van der Waals surface area contributed by atoms with E-state index in [1.807, 2.05) is 83.9 Å². The second-order valence-corrected chi connectivity index (χ2v) is 13.7. The van der Waals surface area contributed by atoms with Gasteiger partial charge in [0.2, 0.25) is 11.8 Å². The van der Waals surface area contributed by atoms with Crippen molar-refractivity contribution >= 4 is 28.8 Å². The summed E-state index contributed by atoms with van der Waals surface area (Å²) in [6.45, 7) is 1.14. The van der Waals surface area contributed by atoms with Crippen molar-refractivity contribution in [3.63, 3.8) is 0 Å². The van der Waals surface area contributed by atoms with Crippen LogP contribution in [0.3, 0.4) is 0 Å². The van der Waals surface area contributed by atoms with Crippen LogP contribution in [0.15, 0.2) is 97.3 Å². The normalized spacial score (nSPS) is 17.5. The van der Waals surface area contributed by atoms with Gasteiger partial charge in [0.15, 0.2) is 0 Å². The minimum Gasteiger partial charge on any atom is -0.453 e. The Kier molecular flexibility index (Phi) is 9.62. The number of methoxy groups -OCH3 is 1. The summed E-state index contributed by atoms with van der Waals surface area (Å²) in [6, 6.07) is 26.8. The molecule has 8 rings (SSSR count). The van der Waals surface area contributed by atoms with Gasteiger partial charge in [0.05, 0.1) is 48.0 Å². The van der Waals surface area contributed by atoms with E-state index < -0.39 is 12.1 Å². The quantitative estimate of drug-likeness (QED) is 0.139. The number of likely N-dealkylation sites (tertiary alicyclic amines) is 2. The third-order valence-corrected chi connectivity index (χ3v) is 10.4. The first kappa shape index (κ1) is 34.7. The molecule has 3 aromatic carbocycles. The Morgan fingerprint density at radius 2 is 1.57 bits per heavy atom. The minimum absolute atomic E-state index is 0.0895. The molecule has 13 nitrogen and oxygen atoms in total. The number of nitrogens with one attached hydrogen (secondary N) is 3. The maximum Gasteiger partial charge on any atom is 0.407 e. The van der Waals surface area contributed by atoms with E-state index >= 15 is 0 Å². The standard InChI is InChI=1S/C41H41N9O4/c1-54-41(53)45-24-36(51)49-19-5-9-34(49)38-43-22-32(47-38)26-13-11-25(12-14-26)30-17-15-28-21-29(16-18-31(28)46-30)33-23-44-39(48-33)35-10-6-20-50(35)40(52)37(42)27-7-3-2-4-8-27/h2-4,7-8,11-18,21-23,34-35,37H,5-6,9-10,19-20,24,42H2,1H3,(H,43,47)(H,44,48)(H,45,53)/t34-,35-,37+/m0/s1. The van der Waals surface area contributed by atoms with Crippen molar-refractivity contribution in [3.8, 4) is 33.8 Å². The van der Waals surface area contributed by atoms with Crippen molar-refractivity contribution in [2.75, 3.05) is 26.7 Å². The van der Waals surface area contributed by atoms with Gasteiger partial charge in [0.1, 0.15) is 24.2 Å². The number of alkyl carbamates (subject to hydrolysis) is 1. The molecule has 0 saturated carbocycles. The highest BCUT2D eigenvalue weighted by Crippen LogP contribution is 2.35. The fourth-order valence-electron chi connectivity index (χ4n) is 7.54. The van der Waals surface area contributed by atoms with E-state index in [0.29, 0.717) is 13.1 Å². The molecule has 2 aliphatic heterocycles. The van der Waals surface area contributed by atoms with E-state index in [0.717, 1.165) is 87.6 Å². The molecule has 2 fully saturated rings. The SMILES string of the molecule is COC(=O)NCC(=O)N1CCC[C@H]1c1ncc(-c2ccc(-c3ccc4cc(-c5c[nH]c([C@@H]6CCCN6C(=O)[C@H](N)c6ccccc6)n5)ccc4n3)cc2)[nH]1. The summed E-state index contributed by atoms with van der Waals surface area (Å²) in [5.74, 6) is 1.22. The fourth-order valence-corrected chi connectivity index (χ4v) is 7.54. The number of carbonyl (C=O) groups excluding carboxylic acids is 3. The van der Waals surface area contributed by atoms with Crippen molar-refractivity contribution in [2.45, 2.75) is 43.8 Å². The molecule has 54 heavy (non-hydrogen) atoms. The highest BCUT2D eigenvalue weighted by atomic mass is 16.5. The molecule has 3 atom stereocenters. The lowest BCUT2D eigenvalue weighted by molar-refractivity contribution is -0.134. The van der Waals surface area contributed by atoms with Crippen LogP contribution in [0.25, 0.3) is 44.7 Å². The second kappa shape index (κ2) is 15.0. The lowest BCUT2D eigenvalue weighted by Crippen LogP contribution is -2.40. The largest absolute Gasteiger partial charge is 0.453 e. The Labute approximate surface area is 312 Å². The second-order valence-electron chi connectivity index (χ2n) is 13.7. The first-order valence-corrected chi connectivity index (χ1v) is 18.2. The molecule has 274 valence electrons.